The Bertz CT molecular complexity index is 648. The number of amides is 1. The molecule has 0 aliphatic rings. The Morgan fingerprint density at radius 2 is 1.95 bits per heavy atom. The minimum absolute atomic E-state index is 0.0329. The van der Waals surface area contributed by atoms with E-state index < -0.39 is 11.9 Å². The maximum Gasteiger partial charge on any atom is 0.338 e. The van der Waals surface area contributed by atoms with Crippen molar-refractivity contribution in [3.8, 4) is 5.75 Å². The summed E-state index contributed by atoms with van der Waals surface area (Å²) in [6.45, 7) is 1.80. The molecule has 0 aliphatic heterocycles. The van der Waals surface area contributed by atoms with Crippen LogP contribution < -0.4 is 5.32 Å². The van der Waals surface area contributed by atoms with Crippen molar-refractivity contribution >= 4 is 28.2 Å². The monoisotopic (exact) mass is 277 g/mol. The molecule has 1 aromatic carbocycles. The van der Waals surface area contributed by atoms with Crippen LogP contribution >= 0.6 is 11.3 Å². The molecule has 2 aromatic rings. The number of aromatic carboxylic acids is 1. The quantitative estimate of drug-likeness (QED) is 0.805. The molecule has 19 heavy (non-hydrogen) atoms. The maximum absolute atomic E-state index is 12.0. The molecular weight excluding hydrogens is 266 g/mol. The van der Waals surface area contributed by atoms with Crippen LogP contribution in [0.1, 0.15) is 26.3 Å². The maximum atomic E-state index is 12.0. The third-order valence-electron chi connectivity index (χ3n) is 2.52. The van der Waals surface area contributed by atoms with E-state index in [1.165, 1.54) is 12.1 Å². The molecule has 0 spiro atoms. The molecule has 0 atom stereocenters. The smallest absolute Gasteiger partial charge is 0.338 e. The zero-order valence-corrected chi connectivity index (χ0v) is 10.8. The van der Waals surface area contributed by atoms with Crippen LogP contribution in [0, 0.1) is 6.92 Å². The fourth-order valence-corrected chi connectivity index (χ4v) is 2.35. The molecule has 0 bridgehead atoms. The van der Waals surface area contributed by atoms with Gasteiger partial charge in [-0.05, 0) is 30.5 Å². The van der Waals surface area contributed by atoms with Crippen LogP contribution in [0.4, 0.5) is 5.00 Å². The van der Waals surface area contributed by atoms with Gasteiger partial charge in [0.15, 0.2) is 0 Å². The average Bonchev–Trinajstić information content (AvgIpc) is 2.80. The van der Waals surface area contributed by atoms with E-state index in [-0.39, 0.29) is 21.9 Å². The lowest BCUT2D eigenvalue weighted by atomic mass is 10.1. The van der Waals surface area contributed by atoms with E-state index in [2.05, 4.69) is 5.32 Å². The number of carbonyl (C=O) groups is 2. The molecule has 3 N–H and O–H groups in total. The van der Waals surface area contributed by atoms with Crippen LogP contribution in [0.2, 0.25) is 0 Å². The Kier molecular flexibility index (Phi) is 3.52. The summed E-state index contributed by atoms with van der Waals surface area (Å²) in [6.07, 6.45) is 0. The van der Waals surface area contributed by atoms with Crippen LogP contribution in [0.5, 0.6) is 5.75 Å². The largest absolute Gasteiger partial charge is 0.507 e. The highest BCUT2D eigenvalue weighted by atomic mass is 32.1. The van der Waals surface area contributed by atoms with Crippen molar-refractivity contribution in [1.82, 2.24) is 0 Å². The summed E-state index contributed by atoms with van der Waals surface area (Å²) >= 11 is 1.12. The number of carboxylic acid groups (broad SMARTS) is 1. The SMILES string of the molecule is Cc1ccc(O)c(C(=O)Nc2sccc2C(=O)O)c1. The van der Waals surface area contributed by atoms with Crippen LogP contribution in [-0.4, -0.2) is 22.1 Å². The molecule has 0 unspecified atom stereocenters. The number of phenols is 1. The zero-order chi connectivity index (χ0) is 14.0. The van der Waals surface area contributed by atoms with Crippen molar-refractivity contribution in [2.24, 2.45) is 0 Å². The van der Waals surface area contributed by atoms with E-state index in [0.29, 0.717) is 0 Å². The first-order valence-corrected chi connectivity index (χ1v) is 6.28. The number of hydrogen-bond acceptors (Lipinski definition) is 4. The van der Waals surface area contributed by atoms with E-state index >= 15 is 0 Å². The number of benzene rings is 1. The fourth-order valence-electron chi connectivity index (χ4n) is 1.58. The molecule has 1 heterocycles. The predicted molar refractivity (Wildman–Crippen MR) is 72.1 cm³/mol. The van der Waals surface area contributed by atoms with E-state index in [9.17, 15) is 14.7 Å². The molecular formula is C13H11NO4S. The number of nitrogens with one attached hydrogen (secondary N) is 1. The lowest BCUT2D eigenvalue weighted by Crippen LogP contribution is -2.13. The summed E-state index contributed by atoms with van der Waals surface area (Å²) in [6, 6.07) is 6.06. The fraction of sp³-hybridized carbons (Fsp3) is 0.0769. The summed E-state index contributed by atoms with van der Waals surface area (Å²) < 4.78 is 0. The van der Waals surface area contributed by atoms with Gasteiger partial charge in [-0.1, -0.05) is 11.6 Å². The number of rotatable bonds is 3. The number of thiophene rings is 1. The van der Waals surface area contributed by atoms with E-state index in [1.54, 1.807) is 24.4 Å². The highest BCUT2D eigenvalue weighted by Gasteiger charge is 2.17. The van der Waals surface area contributed by atoms with Crippen molar-refractivity contribution in [2.45, 2.75) is 6.92 Å². The summed E-state index contributed by atoms with van der Waals surface area (Å²) in [5.41, 5.74) is 0.975. The molecule has 0 saturated heterocycles. The van der Waals surface area contributed by atoms with Gasteiger partial charge in [0.2, 0.25) is 0 Å². The van der Waals surface area contributed by atoms with Gasteiger partial charge in [0.25, 0.3) is 5.91 Å². The molecule has 0 saturated carbocycles. The highest BCUT2D eigenvalue weighted by Crippen LogP contribution is 2.25. The highest BCUT2D eigenvalue weighted by molar-refractivity contribution is 7.14. The Balaban J connectivity index is 2.28. The first-order valence-electron chi connectivity index (χ1n) is 5.41. The second-order valence-electron chi connectivity index (χ2n) is 3.94. The van der Waals surface area contributed by atoms with Crippen molar-refractivity contribution in [2.75, 3.05) is 5.32 Å². The summed E-state index contributed by atoms with van der Waals surface area (Å²) in [7, 11) is 0. The summed E-state index contributed by atoms with van der Waals surface area (Å²) in [5, 5.41) is 22.9. The summed E-state index contributed by atoms with van der Waals surface area (Å²) in [5.74, 6) is -1.78. The topological polar surface area (TPSA) is 86.6 Å². The predicted octanol–water partition coefficient (Wildman–Crippen LogP) is 2.71. The Hall–Kier alpha value is -2.34. The first-order chi connectivity index (χ1) is 8.99. The molecule has 1 aromatic heterocycles. The van der Waals surface area contributed by atoms with Crippen LogP contribution in [0.15, 0.2) is 29.6 Å². The van der Waals surface area contributed by atoms with Gasteiger partial charge in [-0.15, -0.1) is 11.3 Å². The Morgan fingerprint density at radius 3 is 2.63 bits per heavy atom. The summed E-state index contributed by atoms with van der Waals surface area (Å²) in [4.78, 5) is 22.9. The minimum Gasteiger partial charge on any atom is -0.507 e. The van der Waals surface area contributed by atoms with Gasteiger partial charge in [0.05, 0.1) is 11.1 Å². The van der Waals surface area contributed by atoms with Crippen LogP contribution in [0.25, 0.3) is 0 Å². The first kappa shape index (κ1) is 13.1. The van der Waals surface area contributed by atoms with E-state index in [1.807, 2.05) is 0 Å². The van der Waals surface area contributed by atoms with Gasteiger partial charge < -0.3 is 15.5 Å². The average molecular weight is 277 g/mol. The van der Waals surface area contributed by atoms with Crippen LogP contribution in [-0.2, 0) is 0 Å². The van der Waals surface area contributed by atoms with Crippen molar-refractivity contribution in [1.29, 1.82) is 0 Å². The molecule has 98 valence electrons. The van der Waals surface area contributed by atoms with Crippen molar-refractivity contribution in [3.63, 3.8) is 0 Å². The number of anilines is 1. The Morgan fingerprint density at radius 1 is 1.21 bits per heavy atom. The van der Waals surface area contributed by atoms with Gasteiger partial charge in [-0.25, -0.2) is 4.79 Å². The van der Waals surface area contributed by atoms with Crippen molar-refractivity contribution in [3.05, 3.63) is 46.3 Å². The van der Waals surface area contributed by atoms with Gasteiger partial charge in [0.1, 0.15) is 10.8 Å². The zero-order valence-electron chi connectivity index (χ0n) is 10.0. The number of carboxylic acids is 1. The second kappa shape index (κ2) is 5.11. The van der Waals surface area contributed by atoms with Gasteiger partial charge in [-0.2, -0.15) is 0 Å². The lowest BCUT2D eigenvalue weighted by molar-refractivity contribution is 0.0698. The Labute approximate surface area is 113 Å². The van der Waals surface area contributed by atoms with E-state index in [0.717, 1.165) is 16.9 Å². The molecule has 0 aliphatic carbocycles. The third-order valence-corrected chi connectivity index (χ3v) is 3.35. The van der Waals surface area contributed by atoms with Gasteiger partial charge >= 0.3 is 5.97 Å². The normalized spacial score (nSPS) is 10.2. The number of aromatic hydroxyl groups is 1. The lowest BCUT2D eigenvalue weighted by Gasteiger charge is -2.07. The van der Waals surface area contributed by atoms with Gasteiger partial charge in [-0.3, -0.25) is 4.79 Å². The van der Waals surface area contributed by atoms with Gasteiger partial charge in [0, 0.05) is 0 Å². The number of carbonyl (C=O) groups excluding carboxylic acids is 1. The molecule has 5 nitrogen and oxygen atoms in total. The number of aryl methyl sites for hydroxylation is 1. The molecule has 2 rings (SSSR count). The minimum atomic E-state index is -1.11. The second-order valence-corrected chi connectivity index (χ2v) is 4.86. The van der Waals surface area contributed by atoms with Crippen LogP contribution in [0.3, 0.4) is 0 Å². The molecule has 1 amide bonds. The molecule has 6 heteroatoms. The molecule has 0 radical (unpaired) electrons. The van der Waals surface area contributed by atoms with Crippen molar-refractivity contribution < 1.29 is 19.8 Å². The third kappa shape index (κ3) is 2.74. The number of hydrogen-bond donors (Lipinski definition) is 3. The van der Waals surface area contributed by atoms with E-state index in [4.69, 9.17) is 5.11 Å². The molecule has 0 fully saturated rings. The number of phenolic OH excluding ortho intramolecular Hbond substituents is 1. The standard InChI is InChI=1S/C13H11NO4S/c1-7-2-3-10(15)9(6-7)11(16)14-12-8(13(17)18)4-5-19-12/h2-6,15H,1H3,(H,14,16)(H,17,18).